The van der Waals surface area contributed by atoms with Gasteiger partial charge in [0.05, 0.1) is 29.7 Å². The van der Waals surface area contributed by atoms with E-state index < -0.39 is 0 Å². The maximum absolute atomic E-state index is 12.3. The summed E-state index contributed by atoms with van der Waals surface area (Å²) in [5.41, 5.74) is 2.79. The maximum Gasteiger partial charge on any atom is 0.256 e. The molecule has 0 aliphatic carbocycles. The number of hydrogen-bond acceptors (Lipinski definition) is 4. The van der Waals surface area contributed by atoms with Crippen molar-refractivity contribution in [3.8, 4) is 5.69 Å². The molecule has 0 atom stereocenters. The molecule has 0 saturated heterocycles. The van der Waals surface area contributed by atoms with Crippen LogP contribution in [0.4, 0.5) is 0 Å². The van der Waals surface area contributed by atoms with E-state index in [1.807, 2.05) is 22.8 Å². The molecule has 6 heteroatoms. The highest BCUT2D eigenvalue weighted by atomic mass is 16.4. The Labute approximate surface area is 109 Å². The van der Waals surface area contributed by atoms with E-state index >= 15 is 0 Å². The number of hydrogen-bond donors (Lipinski definition) is 1. The Bertz CT molecular complexity index is 675. The van der Waals surface area contributed by atoms with Gasteiger partial charge in [-0.1, -0.05) is 17.3 Å². The van der Waals surface area contributed by atoms with Gasteiger partial charge >= 0.3 is 0 Å². The molecule has 1 amide bonds. The van der Waals surface area contributed by atoms with Crippen LogP contribution in [-0.2, 0) is 6.54 Å². The van der Waals surface area contributed by atoms with Crippen LogP contribution in [0.3, 0.4) is 0 Å². The van der Waals surface area contributed by atoms with Crippen molar-refractivity contribution < 1.29 is 10.0 Å². The van der Waals surface area contributed by atoms with Gasteiger partial charge in [-0.15, -0.1) is 0 Å². The highest BCUT2D eigenvalue weighted by Crippen LogP contribution is 2.24. The van der Waals surface area contributed by atoms with Crippen LogP contribution in [0.15, 0.2) is 35.7 Å². The number of aromatic nitrogens is 2. The topological polar surface area (TPSA) is 70.7 Å². The van der Waals surface area contributed by atoms with Crippen molar-refractivity contribution >= 4 is 12.1 Å². The number of nitrogens with zero attached hydrogens (tertiary/aromatic N) is 4. The number of carbonyl (C=O) groups excluding carboxylic acids is 1. The highest BCUT2D eigenvalue weighted by molar-refractivity contribution is 5.98. The summed E-state index contributed by atoms with van der Waals surface area (Å²) >= 11 is 0. The SMILES string of the molecule is CN1Cc2c(/C=N/O)ncn2-c2ccccc2C1=O. The van der Waals surface area contributed by atoms with Crippen LogP contribution in [0.25, 0.3) is 5.69 Å². The quantitative estimate of drug-likeness (QED) is 0.474. The second-order valence-corrected chi connectivity index (χ2v) is 4.37. The molecule has 0 spiro atoms. The zero-order valence-corrected chi connectivity index (χ0v) is 10.3. The first-order chi connectivity index (χ1) is 9.22. The van der Waals surface area contributed by atoms with Gasteiger partial charge in [0.15, 0.2) is 0 Å². The third-order valence-corrected chi connectivity index (χ3v) is 3.21. The molecule has 1 aliphatic rings. The lowest BCUT2D eigenvalue weighted by molar-refractivity contribution is 0.0788. The number of amides is 1. The Morgan fingerprint density at radius 2 is 2.21 bits per heavy atom. The molecule has 1 aromatic heterocycles. The van der Waals surface area contributed by atoms with E-state index in [1.165, 1.54) is 6.21 Å². The van der Waals surface area contributed by atoms with Crippen LogP contribution >= 0.6 is 0 Å². The number of oxime groups is 1. The maximum atomic E-state index is 12.3. The van der Waals surface area contributed by atoms with E-state index in [0.717, 1.165) is 11.4 Å². The molecule has 0 bridgehead atoms. The molecule has 1 aliphatic heterocycles. The van der Waals surface area contributed by atoms with Crippen LogP contribution in [0.5, 0.6) is 0 Å². The summed E-state index contributed by atoms with van der Waals surface area (Å²) in [6.07, 6.45) is 2.91. The first-order valence-electron chi connectivity index (χ1n) is 5.81. The summed E-state index contributed by atoms with van der Waals surface area (Å²) in [4.78, 5) is 18.1. The molecule has 2 aromatic rings. The van der Waals surface area contributed by atoms with Gasteiger partial charge in [0.2, 0.25) is 0 Å². The van der Waals surface area contributed by atoms with Gasteiger partial charge in [-0.05, 0) is 12.1 Å². The van der Waals surface area contributed by atoms with Gasteiger partial charge in [-0.2, -0.15) is 0 Å². The molecule has 96 valence electrons. The first-order valence-corrected chi connectivity index (χ1v) is 5.81. The highest BCUT2D eigenvalue weighted by Gasteiger charge is 2.25. The molecule has 0 unspecified atom stereocenters. The van der Waals surface area contributed by atoms with E-state index in [2.05, 4.69) is 10.1 Å². The van der Waals surface area contributed by atoms with Crippen molar-refractivity contribution in [3.05, 3.63) is 47.5 Å². The molecule has 0 radical (unpaired) electrons. The van der Waals surface area contributed by atoms with Gasteiger partial charge in [0, 0.05) is 7.05 Å². The fourth-order valence-corrected chi connectivity index (χ4v) is 2.28. The van der Waals surface area contributed by atoms with Crippen molar-refractivity contribution in [2.45, 2.75) is 6.54 Å². The van der Waals surface area contributed by atoms with Crippen molar-refractivity contribution in [2.24, 2.45) is 5.16 Å². The number of fused-ring (bicyclic) bond motifs is 3. The fraction of sp³-hybridized carbons (Fsp3) is 0.154. The number of imidazole rings is 1. The molecule has 3 rings (SSSR count). The third-order valence-electron chi connectivity index (χ3n) is 3.21. The average Bonchev–Trinajstić information content (AvgIpc) is 2.77. The van der Waals surface area contributed by atoms with E-state index in [1.54, 1.807) is 24.3 Å². The first kappa shape index (κ1) is 11.5. The minimum Gasteiger partial charge on any atom is -0.411 e. The monoisotopic (exact) mass is 256 g/mol. The molecule has 0 fully saturated rings. The number of rotatable bonds is 1. The molecule has 19 heavy (non-hydrogen) atoms. The van der Waals surface area contributed by atoms with Crippen LogP contribution in [0.1, 0.15) is 21.7 Å². The van der Waals surface area contributed by atoms with Crippen molar-refractivity contribution in [1.82, 2.24) is 14.5 Å². The number of carbonyl (C=O) groups is 1. The lowest BCUT2D eigenvalue weighted by Crippen LogP contribution is -2.25. The van der Waals surface area contributed by atoms with E-state index in [4.69, 9.17) is 5.21 Å². The van der Waals surface area contributed by atoms with Crippen LogP contribution in [0.2, 0.25) is 0 Å². The van der Waals surface area contributed by atoms with Gasteiger partial charge in [0.25, 0.3) is 5.91 Å². The Balaban J connectivity index is 2.28. The zero-order valence-electron chi connectivity index (χ0n) is 10.3. The second-order valence-electron chi connectivity index (χ2n) is 4.37. The summed E-state index contributed by atoms with van der Waals surface area (Å²) in [5, 5.41) is 11.7. The summed E-state index contributed by atoms with van der Waals surface area (Å²) in [6.45, 7) is 0.412. The van der Waals surface area contributed by atoms with Crippen molar-refractivity contribution in [2.75, 3.05) is 7.05 Å². The standard InChI is InChI=1S/C13H12N4O2/c1-16-7-12-10(6-15-19)14-8-17(12)11-5-3-2-4-9(11)13(16)18/h2-6,8,19H,7H2,1H3/b15-6+. The smallest absolute Gasteiger partial charge is 0.256 e. The van der Waals surface area contributed by atoms with E-state index in [9.17, 15) is 4.79 Å². The fourth-order valence-electron chi connectivity index (χ4n) is 2.28. The zero-order chi connectivity index (χ0) is 13.4. The molecule has 1 N–H and O–H groups in total. The number of benzene rings is 1. The largest absolute Gasteiger partial charge is 0.411 e. The van der Waals surface area contributed by atoms with Crippen molar-refractivity contribution in [1.29, 1.82) is 0 Å². The van der Waals surface area contributed by atoms with E-state index in [-0.39, 0.29) is 5.91 Å². The predicted molar refractivity (Wildman–Crippen MR) is 68.7 cm³/mol. The minimum atomic E-state index is -0.0359. The van der Waals surface area contributed by atoms with Gasteiger partial charge in [-0.3, -0.25) is 9.36 Å². The lowest BCUT2D eigenvalue weighted by Gasteiger charge is -2.13. The molecular formula is C13H12N4O2. The molecule has 1 aromatic carbocycles. The minimum absolute atomic E-state index is 0.0359. The lowest BCUT2D eigenvalue weighted by atomic mass is 10.1. The van der Waals surface area contributed by atoms with Crippen LogP contribution in [0, 0.1) is 0 Å². The van der Waals surface area contributed by atoms with Crippen LogP contribution in [-0.4, -0.2) is 38.8 Å². The average molecular weight is 256 g/mol. The summed E-state index contributed by atoms with van der Waals surface area (Å²) in [6, 6.07) is 7.38. The van der Waals surface area contributed by atoms with Gasteiger partial charge < -0.3 is 10.1 Å². The molecular weight excluding hydrogens is 244 g/mol. The molecule has 0 saturated carbocycles. The predicted octanol–water partition coefficient (Wildman–Crippen LogP) is 1.27. The molecule has 2 heterocycles. The Kier molecular flexibility index (Phi) is 2.56. The van der Waals surface area contributed by atoms with Gasteiger partial charge in [-0.25, -0.2) is 4.98 Å². The normalized spacial score (nSPS) is 14.4. The third kappa shape index (κ3) is 1.69. The van der Waals surface area contributed by atoms with Crippen molar-refractivity contribution in [3.63, 3.8) is 0 Å². The Morgan fingerprint density at radius 1 is 1.42 bits per heavy atom. The Morgan fingerprint density at radius 3 is 3.00 bits per heavy atom. The summed E-state index contributed by atoms with van der Waals surface area (Å²) < 4.78 is 1.85. The summed E-state index contributed by atoms with van der Waals surface area (Å²) in [7, 11) is 1.74. The van der Waals surface area contributed by atoms with Crippen LogP contribution < -0.4 is 0 Å². The second kappa shape index (κ2) is 4.24. The number of para-hydroxylation sites is 1. The Hall–Kier alpha value is -2.63. The summed E-state index contributed by atoms with van der Waals surface area (Å²) in [5.74, 6) is -0.0359. The van der Waals surface area contributed by atoms with E-state index in [0.29, 0.717) is 17.8 Å². The van der Waals surface area contributed by atoms with Gasteiger partial charge in [0.1, 0.15) is 12.0 Å². The molecule has 6 nitrogen and oxygen atoms in total.